The molecule has 2 N–H and O–H groups in total. The van der Waals surface area contributed by atoms with Gasteiger partial charge in [-0.15, -0.1) is 0 Å². The Labute approximate surface area is 547 Å². The maximum atomic E-state index is 13.1. The number of likely N-dealkylation sites (N-methyl/N-ethyl adjacent to an activating group) is 1. The average Bonchev–Trinajstić information content (AvgIpc) is 3.64. The second-order valence-corrected chi connectivity index (χ2v) is 28.0. The van der Waals surface area contributed by atoms with E-state index in [4.69, 9.17) is 9.05 Å². The Balaban J connectivity index is 4.04. The van der Waals surface area contributed by atoms with Gasteiger partial charge in [0.05, 0.1) is 39.9 Å². The number of nitrogens with zero attached hydrogens (tertiary/aromatic N) is 1. The second kappa shape index (κ2) is 68.8. The molecule has 512 valence electrons. The van der Waals surface area contributed by atoms with E-state index in [-0.39, 0.29) is 19.1 Å². The first-order chi connectivity index (χ1) is 43.0. The lowest BCUT2D eigenvalue weighted by atomic mass is 10.0. The quantitative estimate of drug-likeness (QED) is 0.0272. The number of hydrogen-bond donors (Lipinski definition) is 2. The normalized spacial score (nSPS) is 14.1. The van der Waals surface area contributed by atoms with Gasteiger partial charge in [-0.05, 0) is 77.0 Å². The number of phosphoric ester groups is 1. The highest BCUT2D eigenvalue weighted by molar-refractivity contribution is 7.45. The monoisotopic (exact) mass is 1250 g/mol. The number of carbonyl (C=O) groups is 1. The molecule has 8 nitrogen and oxygen atoms in total. The summed E-state index contributed by atoms with van der Waals surface area (Å²) in [5.41, 5.74) is 0. The van der Waals surface area contributed by atoms with Crippen molar-refractivity contribution in [2.75, 3.05) is 40.9 Å². The minimum absolute atomic E-state index is 0.00808. The van der Waals surface area contributed by atoms with Crippen LogP contribution in [-0.2, 0) is 18.4 Å². The summed E-state index contributed by atoms with van der Waals surface area (Å²) in [5.74, 6) is -0.168. The van der Waals surface area contributed by atoms with Crippen molar-refractivity contribution in [1.82, 2.24) is 5.32 Å². The lowest BCUT2D eigenvalue weighted by Gasteiger charge is -2.30. The summed E-state index contributed by atoms with van der Waals surface area (Å²) in [6.45, 7) is 4.64. The average molecular weight is 1250 g/mol. The molecule has 0 aromatic carbocycles. The van der Waals surface area contributed by atoms with Crippen LogP contribution < -0.4 is 10.2 Å². The largest absolute Gasteiger partial charge is 0.756 e. The zero-order chi connectivity index (χ0) is 64.1. The number of aliphatic hydroxyl groups is 1. The Morgan fingerprint density at radius 1 is 0.409 bits per heavy atom. The molecule has 88 heavy (non-hydrogen) atoms. The molecule has 0 saturated carbocycles. The molecule has 0 fully saturated rings. The lowest BCUT2D eigenvalue weighted by Crippen LogP contribution is -2.46. The molecule has 0 aromatic rings. The number of quaternary nitrogens is 1. The maximum absolute atomic E-state index is 13.1. The van der Waals surface area contributed by atoms with E-state index in [1.165, 1.54) is 225 Å². The Hall–Kier alpha value is -2.58. The Morgan fingerprint density at radius 3 is 1.01 bits per heavy atom. The standard InChI is InChI=1S/C79H145N2O6P/c1-6-8-10-12-14-16-18-20-22-24-26-28-30-32-34-36-38-39-40-41-43-45-47-49-51-53-55-57-59-61-63-65-67-69-71-73-79(83)80-77(76-87-88(84,85)86-75-74-81(3,4)5)78(82)72-70-68-66-64-62-60-58-56-54-52-50-48-46-44-42-37-35-33-31-29-27-25-23-21-19-17-15-13-11-9-7-2/h8,10,14,16,20,22,26,28,32,34,38-39,41,43,47,49,77-78,82H,6-7,9,11-13,15,17-19,21,23-25,27,29-31,33,35-37,40,42,44-46,48,50-76H2,1-5H3,(H-,80,83,84,85)/b10-8-,16-14-,22-20-,28-26-,34-32-,39-38-,43-41-,49-47-. The molecule has 3 atom stereocenters. The van der Waals surface area contributed by atoms with Crippen molar-refractivity contribution >= 4 is 13.7 Å². The molecule has 0 aliphatic heterocycles. The Bertz CT molecular complexity index is 1760. The fourth-order valence-electron chi connectivity index (χ4n) is 11.1. The molecule has 0 radical (unpaired) electrons. The van der Waals surface area contributed by atoms with Crippen LogP contribution in [0.2, 0.25) is 0 Å². The predicted molar refractivity (Wildman–Crippen MR) is 385 cm³/mol. The van der Waals surface area contributed by atoms with Crippen molar-refractivity contribution < 1.29 is 32.9 Å². The van der Waals surface area contributed by atoms with E-state index in [2.05, 4.69) is 116 Å². The lowest BCUT2D eigenvalue weighted by molar-refractivity contribution is -0.870. The van der Waals surface area contributed by atoms with E-state index in [1.807, 2.05) is 21.1 Å². The first-order valence-electron chi connectivity index (χ1n) is 37.6. The topological polar surface area (TPSA) is 108 Å². The van der Waals surface area contributed by atoms with E-state index in [9.17, 15) is 19.4 Å². The molecule has 0 bridgehead atoms. The SMILES string of the molecule is CC/C=C\C/C=C\C/C=C\C/C=C\C/C=C\C/C=C\C/C=C\C/C=C\CCCCCCCCCCCCC(=O)NC(COP(=O)([O-])OCC[N+](C)(C)C)C(O)CCCCCCCCCCCCCCCCCCCCCCCCCCCCCCCCC. The van der Waals surface area contributed by atoms with Crippen molar-refractivity contribution in [1.29, 1.82) is 0 Å². The number of hydrogen-bond acceptors (Lipinski definition) is 6. The van der Waals surface area contributed by atoms with Crippen LogP contribution in [0.1, 0.15) is 348 Å². The minimum atomic E-state index is -4.59. The summed E-state index contributed by atoms with van der Waals surface area (Å²) in [5, 5.41) is 14.1. The number of aliphatic hydroxyl groups excluding tert-OH is 1. The van der Waals surface area contributed by atoms with Crippen LogP contribution in [0.15, 0.2) is 97.2 Å². The molecule has 9 heteroatoms. The number of rotatable bonds is 69. The number of nitrogens with one attached hydrogen (secondary N) is 1. The summed E-state index contributed by atoms with van der Waals surface area (Å²) in [6, 6.07) is -0.811. The zero-order valence-electron chi connectivity index (χ0n) is 58.7. The Morgan fingerprint density at radius 2 is 0.693 bits per heavy atom. The maximum Gasteiger partial charge on any atom is 0.268 e. The highest BCUT2D eigenvalue weighted by Gasteiger charge is 2.24. The van der Waals surface area contributed by atoms with Gasteiger partial charge >= 0.3 is 0 Å². The highest BCUT2D eigenvalue weighted by atomic mass is 31.2. The van der Waals surface area contributed by atoms with Crippen LogP contribution in [0.3, 0.4) is 0 Å². The second-order valence-electron chi connectivity index (χ2n) is 26.6. The molecule has 1 amide bonds. The first-order valence-corrected chi connectivity index (χ1v) is 39.0. The van der Waals surface area contributed by atoms with Gasteiger partial charge in [0.1, 0.15) is 13.2 Å². The fraction of sp³-hybridized carbons (Fsp3) is 0.785. The summed E-state index contributed by atoms with van der Waals surface area (Å²) in [7, 11) is 1.30. The van der Waals surface area contributed by atoms with E-state index < -0.39 is 20.0 Å². The third-order valence-electron chi connectivity index (χ3n) is 16.8. The van der Waals surface area contributed by atoms with E-state index in [0.717, 1.165) is 96.3 Å². The molecule has 0 saturated heterocycles. The van der Waals surface area contributed by atoms with Crippen LogP contribution in [0.5, 0.6) is 0 Å². The molecule has 0 aromatic heterocycles. The third-order valence-corrected chi connectivity index (χ3v) is 17.8. The summed E-state index contributed by atoms with van der Waals surface area (Å²) in [6.07, 6.45) is 99.3. The summed E-state index contributed by atoms with van der Waals surface area (Å²) in [4.78, 5) is 25.7. The Kier molecular flexibility index (Phi) is 66.8. The first kappa shape index (κ1) is 85.4. The van der Waals surface area contributed by atoms with Crippen LogP contribution in [0, 0.1) is 0 Å². The number of carbonyl (C=O) groups excluding carboxylic acids is 1. The van der Waals surface area contributed by atoms with Crippen molar-refractivity contribution in [2.24, 2.45) is 0 Å². The van der Waals surface area contributed by atoms with E-state index >= 15 is 0 Å². The molecular formula is C79H145N2O6P. The van der Waals surface area contributed by atoms with Gasteiger partial charge in [-0.1, -0.05) is 361 Å². The molecule has 0 rings (SSSR count). The van der Waals surface area contributed by atoms with Gasteiger partial charge in [-0.25, -0.2) is 0 Å². The van der Waals surface area contributed by atoms with Crippen molar-refractivity contribution in [2.45, 2.75) is 360 Å². The molecule has 0 heterocycles. The van der Waals surface area contributed by atoms with Gasteiger partial charge in [-0.2, -0.15) is 0 Å². The molecular weight excluding hydrogens is 1100 g/mol. The van der Waals surface area contributed by atoms with Crippen molar-refractivity contribution in [3.05, 3.63) is 97.2 Å². The van der Waals surface area contributed by atoms with Gasteiger partial charge in [0.15, 0.2) is 0 Å². The minimum Gasteiger partial charge on any atom is -0.756 e. The van der Waals surface area contributed by atoms with E-state index in [0.29, 0.717) is 23.9 Å². The van der Waals surface area contributed by atoms with Crippen LogP contribution in [0.25, 0.3) is 0 Å². The van der Waals surface area contributed by atoms with Crippen LogP contribution >= 0.6 is 7.82 Å². The summed E-state index contributed by atoms with van der Waals surface area (Å²) < 4.78 is 23.6. The third kappa shape index (κ3) is 70.9. The number of unbranched alkanes of at least 4 members (excludes halogenated alkanes) is 40. The number of amides is 1. The van der Waals surface area contributed by atoms with Crippen LogP contribution in [0.4, 0.5) is 0 Å². The van der Waals surface area contributed by atoms with Gasteiger partial charge in [0.25, 0.3) is 7.82 Å². The number of allylic oxidation sites excluding steroid dienone is 16. The number of phosphoric acid groups is 1. The van der Waals surface area contributed by atoms with E-state index in [1.54, 1.807) is 0 Å². The van der Waals surface area contributed by atoms with Crippen LogP contribution in [-0.4, -0.2) is 68.5 Å². The predicted octanol–water partition coefficient (Wildman–Crippen LogP) is 23.8. The molecule has 0 spiro atoms. The molecule has 0 aliphatic carbocycles. The summed E-state index contributed by atoms with van der Waals surface area (Å²) >= 11 is 0. The van der Waals surface area contributed by atoms with Gasteiger partial charge in [-0.3, -0.25) is 9.36 Å². The van der Waals surface area contributed by atoms with Gasteiger partial charge < -0.3 is 28.8 Å². The zero-order valence-corrected chi connectivity index (χ0v) is 59.6. The fourth-order valence-corrected chi connectivity index (χ4v) is 11.8. The smallest absolute Gasteiger partial charge is 0.268 e. The van der Waals surface area contributed by atoms with Gasteiger partial charge in [0, 0.05) is 6.42 Å². The highest BCUT2D eigenvalue weighted by Crippen LogP contribution is 2.38. The van der Waals surface area contributed by atoms with Crippen molar-refractivity contribution in [3.63, 3.8) is 0 Å². The van der Waals surface area contributed by atoms with Gasteiger partial charge in [0.2, 0.25) is 5.91 Å². The van der Waals surface area contributed by atoms with Crippen molar-refractivity contribution in [3.8, 4) is 0 Å². The molecule has 0 aliphatic rings. The molecule has 3 unspecified atom stereocenters.